The van der Waals surface area contributed by atoms with Gasteiger partial charge < -0.3 is 0 Å². The Labute approximate surface area is 179 Å². The lowest BCUT2D eigenvalue weighted by Gasteiger charge is -2.31. The summed E-state index contributed by atoms with van der Waals surface area (Å²) < 4.78 is 38.5. The van der Waals surface area contributed by atoms with E-state index in [0.29, 0.717) is 22.9 Å². The Morgan fingerprint density at radius 1 is 1.03 bits per heavy atom. The predicted molar refractivity (Wildman–Crippen MR) is 120 cm³/mol. The number of rotatable bonds is 4. The minimum Gasteiger partial charge on any atom is -0.248 e. The van der Waals surface area contributed by atoms with Gasteiger partial charge in [-0.1, -0.05) is 23.8 Å². The largest absolute Gasteiger partial charge is 0.248 e. The van der Waals surface area contributed by atoms with Gasteiger partial charge in [0.2, 0.25) is 0 Å². The zero-order chi connectivity index (χ0) is 21.5. The highest BCUT2D eigenvalue weighted by Crippen LogP contribution is 2.40. The fourth-order valence-corrected chi connectivity index (χ4v) is 6.02. The minimum atomic E-state index is -3.07. The van der Waals surface area contributed by atoms with E-state index in [1.54, 1.807) is 32.9 Å². The van der Waals surface area contributed by atoms with Crippen LogP contribution in [0.25, 0.3) is 17.3 Å². The fraction of sp³-hybridized carbons (Fsp3) is 0.480. The van der Waals surface area contributed by atoms with Crippen LogP contribution in [0.3, 0.4) is 0 Å². The first kappa shape index (κ1) is 21.2. The van der Waals surface area contributed by atoms with Gasteiger partial charge in [-0.2, -0.15) is 0 Å². The predicted octanol–water partition coefficient (Wildman–Crippen LogP) is 5.85. The van der Waals surface area contributed by atoms with Gasteiger partial charge in [-0.15, -0.1) is 0 Å². The molecule has 0 amide bonds. The molecule has 1 fully saturated rings. The van der Waals surface area contributed by atoms with Crippen LogP contribution in [-0.4, -0.2) is 23.9 Å². The molecule has 2 aliphatic carbocycles. The number of nitrogens with zero attached hydrogens (tertiary/aromatic N) is 1. The van der Waals surface area contributed by atoms with E-state index in [0.717, 1.165) is 37.8 Å². The number of hydrogen-bond acceptors (Lipinski definition) is 3. The molecule has 0 aliphatic heterocycles. The molecular formula is C25H30FNO2S. The van der Waals surface area contributed by atoms with Crippen molar-refractivity contribution >= 4 is 15.9 Å². The van der Waals surface area contributed by atoms with E-state index in [1.807, 2.05) is 12.1 Å². The fourth-order valence-electron chi connectivity index (χ4n) is 4.57. The Morgan fingerprint density at radius 3 is 2.40 bits per heavy atom. The van der Waals surface area contributed by atoms with Crippen molar-refractivity contribution in [2.45, 2.75) is 57.6 Å². The number of sulfone groups is 1. The second-order valence-corrected chi connectivity index (χ2v) is 12.5. The Balaban J connectivity index is 1.43. The summed E-state index contributed by atoms with van der Waals surface area (Å²) in [5, 5.41) is 0. The van der Waals surface area contributed by atoms with Crippen LogP contribution < -0.4 is 0 Å². The molecule has 0 radical (unpaired) electrons. The van der Waals surface area contributed by atoms with Crippen molar-refractivity contribution in [3.63, 3.8) is 0 Å². The van der Waals surface area contributed by atoms with Crippen LogP contribution in [-0.2, 0) is 16.3 Å². The molecule has 1 aromatic heterocycles. The van der Waals surface area contributed by atoms with E-state index in [4.69, 9.17) is 4.98 Å². The van der Waals surface area contributed by atoms with E-state index < -0.39 is 14.6 Å². The second-order valence-electron chi connectivity index (χ2n) is 9.73. The SMILES string of the molecule is CC(C)(C)S(=O)(=O)CC1CCC(C2=Cc3nc(-c4ccccc4F)ccc3C2)CC1. The summed E-state index contributed by atoms with van der Waals surface area (Å²) in [6, 6.07) is 10.7. The van der Waals surface area contributed by atoms with Crippen molar-refractivity contribution in [1.29, 1.82) is 0 Å². The zero-order valence-electron chi connectivity index (χ0n) is 18.0. The maximum absolute atomic E-state index is 14.1. The lowest BCUT2D eigenvalue weighted by atomic mass is 9.78. The van der Waals surface area contributed by atoms with E-state index in [2.05, 4.69) is 12.1 Å². The lowest BCUT2D eigenvalue weighted by molar-refractivity contribution is 0.319. The van der Waals surface area contributed by atoms with Gasteiger partial charge in [-0.05, 0) is 94.5 Å². The molecule has 0 spiro atoms. The van der Waals surface area contributed by atoms with Crippen molar-refractivity contribution in [2.75, 3.05) is 5.75 Å². The van der Waals surface area contributed by atoms with E-state index in [1.165, 1.54) is 17.2 Å². The molecule has 1 heterocycles. The summed E-state index contributed by atoms with van der Waals surface area (Å²) in [7, 11) is -3.07. The van der Waals surface area contributed by atoms with Crippen LogP contribution in [0.15, 0.2) is 42.0 Å². The first-order chi connectivity index (χ1) is 14.1. The molecular weight excluding hydrogens is 397 g/mol. The summed E-state index contributed by atoms with van der Waals surface area (Å²) in [4.78, 5) is 4.72. The number of aromatic nitrogens is 1. The van der Waals surface area contributed by atoms with E-state index >= 15 is 0 Å². The smallest absolute Gasteiger partial charge is 0.155 e. The van der Waals surface area contributed by atoms with Gasteiger partial charge in [0.05, 0.1) is 21.9 Å². The van der Waals surface area contributed by atoms with Gasteiger partial charge in [0, 0.05) is 5.56 Å². The monoisotopic (exact) mass is 427 g/mol. The topological polar surface area (TPSA) is 47.0 Å². The number of fused-ring (bicyclic) bond motifs is 1. The van der Waals surface area contributed by atoms with Crippen LogP contribution in [0.1, 0.15) is 57.7 Å². The molecule has 0 N–H and O–H groups in total. The van der Waals surface area contributed by atoms with Gasteiger partial charge in [0.25, 0.3) is 0 Å². The number of benzene rings is 1. The summed E-state index contributed by atoms with van der Waals surface area (Å²) in [5.41, 5.74) is 4.73. The minimum absolute atomic E-state index is 0.254. The van der Waals surface area contributed by atoms with Crippen LogP contribution in [0, 0.1) is 17.7 Å². The molecule has 1 aromatic carbocycles. The Bertz CT molecular complexity index is 1070. The van der Waals surface area contributed by atoms with Gasteiger partial charge in [0.15, 0.2) is 9.84 Å². The molecule has 4 rings (SSSR count). The Hall–Kier alpha value is -2.01. The molecule has 5 heteroatoms. The molecule has 2 aromatic rings. The zero-order valence-corrected chi connectivity index (χ0v) is 18.8. The standard InChI is InChI=1S/C25H30FNO2S/c1-25(2,3)30(28,29)16-17-8-10-18(11-9-17)20-14-19-12-13-23(27-24(19)15-20)21-6-4-5-7-22(21)26/h4-7,12-13,15,17-18H,8-11,14,16H2,1-3H3. The van der Waals surface area contributed by atoms with Gasteiger partial charge in [-0.25, -0.2) is 17.8 Å². The van der Waals surface area contributed by atoms with E-state index in [9.17, 15) is 12.8 Å². The molecule has 0 saturated heterocycles. The average Bonchev–Trinajstić information content (AvgIpc) is 3.11. The molecule has 0 bridgehead atoms. The Morgan fingerprint density at radius 2 is 1.73 bits per heavy atom. The van der Waals surface area contributed by atoms with Crippen LogP contribution in [0.2, 0.25) is 0 Å². The van der Waals surface area contributed by atoms with Gasteiger partial charge in [0.1, 0.15) is 5.82 Å². The summed E-state index contributed by atoms with van der Waals surface area (Å²) >= 11 is 0. The summed E-state index contributed by atoms with van der Waals surface area (Å²) in [5.74, 6) is 0.803. The van der Waals surface area contributed by atoms with Crippen molar-refractivity contribution in [3.8, 4) is 11.3 Å². The molecule has 160 valence electrons. The highest BCUT2D eigenvalue weighted by atomic mass is 32.2. The van der Waals surface area contributed by atoms with Crippen LogP contribution >= 0.6 is 0 Å². The average molecular weight is 428 g/mol. The lowest BCUT2D eigenvalue weighted by Crippen LogP contribution is -2.34. The Kier molecular flexibility index (Phi) is 5.60. The van der Waals surface area contributed by atoms with Crippen molar-refractivity contribution in [2.24, 2.45) is 11.8 Å². The van der Waals surface area contributed by atoms with E-state index in [-0.39, 0.29) is 11.7 Å². The first-order valence-corrected chi connectivity index (χ1v) is 12.5. The third-order valence-electron chi connectivity index (χ3n) is 6.64. The number of hydrogen-bond donors (Lipinski definition) is 0. The van der Waals surface area contributed by atoms with Crippen LogP contribution in [0.5, 0.6) is 0 Å². The second kappa shape index (κ2) is 7.92. The highest BCUT2D eigenvalue weighted by molar-refractivity contribution is 7.92. The number of halogens is 1. The molecule has 0 atom stereocenters. The highest BCUT2D eigenvalue weighted by Gasteiger charge is 2.34. The normalized spacial score (nSPS) is 21.9. The first-order valence-electron chi connectivity index (χ1n) is 10.8. The van der Waals surface area contributed by atoms with Crippen molar-refractivity contribution in [1.82, 2.24) is 4.98 Å². The number of pyridine rings is 1. The van der Waals surface area contributed by atoms with Crippen molar-refractivity contribution in [3.05, 3.63) is 59.0 Å². The maximum atomic E-state index is 14.1. The van der Waals surface area contributed by atoms with Crippen LogP contribution in [0.4, 0.5) is 4.39 Å². The molecule has 1 saturated carbocycles. The molecule has 2 aliphatic rings. The third kappa shape index (κ3) is 4.22. The van der Waals surface area contributed by atoms with Gasteiger partial charge >= 0.3 is 0 Å². The summed E-state index contributed by atoms with van der Waals surface area (Å²) in [6.07, 6.45) is 7.06. The maximum Gasteiger partial charge on any atom is 0.155 e. The van der Waals surface area contributed by atoms with Crippen molar-refractivity contribution < 1.29 is 12.8 Å². The third-order valence-corrected chi connectivity index (χ3v) is 9.41. The molecule has 30 heavy (non-hydrogen) atoms. The number of allylic oxidation sites excluding steroid dienone is 1. The summed E-state index contributed by atoms with van der Waals surface area (Å²) in [6.45, 7) is 5.37. The molecule has 0 unspecified atom stereocenters. The quantitative estimate of drug-likeness (QED) is 0.615. The van der Waals surface area contributed by atoms with Gasteiger partial charge in [-0.3, -0.25) is 0 Å². The molecule has 3 nitrogen and oxygen atoms in total.